The van der Waals surface area contributed by atoms with Gasteiger partial charge in [-0.3, -0.25) is 9.69 Å². The summed E-state index contributed by atoms with van der Waals surface area (Å²) in [6.45, 7) is 5.07. The molecule has 0 bridgehead atoms. The Morgan fingerprint density at radius 3 is 2.43 bits per heavy atom. The van der Waals surface area contributed by atoms with Crippen LogP contribution in [0, 0.1) is 13.8 Å². The van der Waals surface area contributed by atoms with Crippen LogP contribution in [-0.4, -0.2) is 30.2 Å². The summed E-state index contributed by atoms with van der Waals surface area (Å²) >= 11 is 0. The second-order valence-corrected chi connectivity index (χ2v) is 5.30. The monoisotopic (exact) mass is 316 g/mol. The molecule has 1 heterocycles. The summed E-state index contributed by atoms with van der Waals surface area (Å²) in [5.41, 5.74) is 1.94. The summed E-state index contributed by atoms with van der Waals surface area (Å²) < 4.78 is 9.93. The van der Waals surface area contributed by atoms with E-state index in [2.05, 4.69) is 5.16 Å². The van der Waals surface area contributed by atoms with Gasteiger partial charge < -0.3 is 9.26 Å². The van der Waals surface area contributed by atoms with Gasteiger partial charge >= 0.3 is 5.97 Å². The van der Waals surface area contributed by atoms with Gasteiger partial charge in [0.25, 0.3) is 0 Å². The highest BCUT2D eigenvalue weighted by Crippen LogP contribution is 2.27. The standard InChI is InChI=1S/C17H20N2O4/c1-11-16(13(3)23-18-11)19(12(2)17(21)22-4)15(20)10-14-8-6-5-7-9-14/h5-9,12H,10H2,1-4H3/t12-/m0/s1. The van der Waals surface area contributed by atoms with E-state index >= 15 is 0 Å². The minimum Gasteiger partial charge on any atom is -0.467 e. The van der Waals surface area contributed by atoms with Crippen LogP contribution in [0.1, 0.15) is 23.9 Å². The van der Waals surface area contributed by atoms with Crippen LogP contribution in [0.15, 0.2) is 34.9 Å². The second kappa shape index (κ2) is 7.09. The number of rotatable bonds is 5. The molecule has 1 amide bonds. The maximum Gasteiger partial charge on any atom is 0.328 e. The molecule has 2 aromatic rings. The van der Waals surface area contributed by atoms with E-state index in [1.165, 1.54) is 12.0 Å². The lowest BCUT2D eigenvalue weighted by Gasteiger charge is -2.27. The fraction of sp³-hybridized carbons (Fsp3) is 0.353. The van der Waals surface area contributed by atoms with E-state index in [0.29, 0.717) is 17.1 Å². The first-order valence-electron chi connectivity index (χ1n) is 7.32. The topological polar surface area (TPSA) is 72.6 Å². The number of hydrogen-bond acceptors (Lipinski definition) is 5. The van der Waals surface area contributed by atoms with E-state index in [4.69, 9.17) is 9.26 Å². The van der Waals surface area contributed by atoms with Gasteiger partial charge in [-0.15, -0.1) is 0 Å². The van der Waals surface area contributed by atoms with Crippen molar-refractivity contribution in [2.45, 2.75) is 33.2 Å². The van der Waals surface area contributed by atoms with Crippen molar-refractivity contribution in [1.29, 1.82) is 0 Å². The molecule has 0 radical (unpaired) electrons. The number of aromatic nitrogens is 1. The summed E-state index contributed by atoms with van der Waals surface area (Å²) in [6.07, 6.45) is 0.173. The van der Waals surface area contributed by atoms with E-state index in [1.54, 1.807) is 20.8 Å². The van der Waals surface area contributed by atoms with E-state index in [1.807, 2.05) is 30.3 Å². The quantitative estimate of drug-likeness (QED) is 0.792. The predicted octanol–water partition coefficient (Wildman–Crippen LogP) is 2.43. The number of esters is 1. The van der Waals surface area contributed by atoms with Crippen LogP contribution in [-0.2, 0) is 20.7 Å². The summed E-state index contributed by atoms with van der Waals surface area (Å²) in [5, 5.41) is 3.87. The van der Waals surface area contributed by atoms with E-state index in [-0.39, 0.29) is 12.3 Å². The van der Waals surface area contributed by atoms with Gasteiger partial charge in [-0.1, -0.05) is 35.5 Å². The summed E-state index contributed by atoms with van der Waals surface area (Å²) in [4.78, 5) is 26.2. The maximum absolute atomic E-state index is 12.8. The van der Waals surface area contributed by atoms with E-state index in [9.17, 15) is 9.59 Å². The summed E-state index contributed by atoms with van der Waals surface area (Å²) in [5.74, 6) is -0.227. The van der Waals surface area contributed by atoms with Gasteiger partial charge in [0.15, 0.2) is 5.76 Å². The SMILES string of the molecule is COC(=O)[C@H](C)N(C(=O)Cc1ccccc1)c1c(C)noc1C. The molecule has 0 aliphatic rings. The van der Waals surface area contributed by atoms with Crippen molar-refractivity contribution < 1.29 is 18.8 Å². The Balaban J connectivity index is 2.37. The molecular formula is C17H20N2O4. The van der Waals surface area contributed by atoms with Crippen molar-refractivity contribution in [1.82, 2.24) is 5.16 Å². The fourth-order valence-corrected chi connectivity index (χ4v) is 2.49. The Morgan fingerprint density at radius 2 is 1.91 bits per heavy atom. The molecule has 6 nitrogen and oxygen atoms in total. The Morgan fingerprint density at radius 1 is 1.26 bits per heavy atom. The first-order chi connectivity index (χ1) is 11.0. The van der Waals surface area contributed by atoms with Crippen molar-refractivity contribution in [3.05, 3.63) is 47.3 Å². The highest BCUT2D eigenvalue weighted by atomic mass is 16.5. The minimum absolute atomic E-state index is 0.173. The highest BCUT2D eigenvalue weighted by molar-refractivity contribution is 6.01. The minimum atomic E-state index is -0.770. The molecular weight excluding hydrogens is 296 g/mol. The molecule has 2 rings (SSSR count). The highest BCUT2D eigenvalue weighted by Gasteiger charge is 2.32. The molecule has 0 N–H and O–H groups in total. The van der Waals surface area contributed by atoms with Crippen LogP contribution in [0.3, 0.4) is 0 Å². The number of aryl methyl sites for hydroxylation is 2. The molecule has 23 heavy (non-hydrogen) atoms. The average Bonchev–Trinajstić information content (AvgIpc) is 2.87. The van der Waals surface area contributed by atoms with Crippen molar-refractivity contribution in [2.75, 3.05) is 12.0 Å². The van der Waals surface area contributed by atoms with Crippen LogP contribution in [0.5, 0.6) is 0 Å². The number of anilines is 1. The molecule has 6 heteroatoms. The molecule has 0 aliphatic heterocycles. The van der Waals surface area contributed by atoms with Gasteiger partial charge in [0, 0.05) is 0 Å². The molecule has 0 aliphatic carbocycles. The second-order valence-electron chi connectivity index (χ2n) is 5.30. The molecule has 1 aromatic heterocycles. The number of carbonyl (C=O) groups excluding carboxylic acids is 2. The lowest BCUT2D eigenvalue weighted by Crippen LogP contribution is -2.45. The number of benzene rings is 1. The van der Waals surface area contributed by atoms with Crippen molar-refractivity contribution >= 4 is 17.6 Å². The number of nitrogens with zero attached hydrogens (tertiary/aromatic N) is 2. The zero-order valence-corrected chi connectivity index (χ0v) is 13.7. The first kappa shape index (κ1) is 16.7. The molecule has 1 aromatic carbocycles. The lowest BCUT2D eigenvalue weighted by molar-refractivity contribution is -0.143. The third-order valence-corrected chi connectivity index (χ3v) is 3.63. The molecule has 1 atom stereocenters. The molecule has 0 saturated carbocycles. The number of hydrogen-bond donors (Lipinski definition) is 0. The maximum atomic E-state index is 12.8. The van der Waals surface area contributed by atoms with Crippen LogP contribution in [0.2, 0.25) is 0 Å². The van der Waals surface area contributed by atoms with Gasteiger partial charge in [-0.05, 0) is 26.3 Å². The van der Waals surface area contributed by atoms with E-state index in [0.717, 1.165) is 5.56 Å². The largest absolute Gasteiger partial charge is 0.467 e. The third kappa shape index (κ3) is 3.59. The molecule has 0 saturated heterocycles. The van der Waals surface area contributed by atoms with Crippen LogP contribution < -0.4 is 4.90 Å². The van der Waals surface area contributed by atoms with Gasteiger partial charge in [-0.2, -0.15) is 0 Å². The van der Waals surface area contributed by atoms with Crippen molar-refractivity contribution in [2.24, 2.45) is 0 Å². The van der Waals surface area contributed by atoms with Crippen molar-refractivity contribution in [3.8, 4) is 0 Å². The lowest BCUT2D eigenvalue weighted by atomic mass is 10.1. The van der Waals surface area contributed by atoms with Crippen LogP contribution in [0.25, 0.3) is 0 Å². The predicted molar refractivity (Wildman–Crippen MR) is 85.1 cm³/mol. The zero-order valence-electron chi connectivity index (χ0n) is 13.7. The molecule has 0 spiro atoms. The van der Waals surface area contributed by atoms with Gasteiger partial charge in [0.1, 0.15) is 17.4 Å². The van der Waals surface area contributed by atoms with Gasteiger partial charge in [-0.25, -0.2) is 4.79 Å². The van der Waals surface area contributed by atoms with Gasteiger partial charge in [0.2, 0.25) is 5.91 Å². The van der Waals surface area contributed by atoms with Crippen molar-refractivity contribution in [3.63, 3.8) is 0 Å². The van der Waals surface area contributed by atoms with Gasteiger partial charge in [0.05, 0.1) is 13.5 Å². The number of carbonyl (C=O) groups is 2. The normalized spacial score (nSPS) is 11.8. The first-order valence-corrected chi connectivity index (χ1v) is 7.32. The van der Waals surface area contributed by atoms with Crippen LogP contribution >= 0.6 is 0 Å². The Kier molecular flexibility index (Phi) is 5.16. The molecule has 0 fully saturated rings. The third-order valence-electron chi connectivity index (χ3n) is 3.63. The Hall–Kier alpha value is -2.63. The molecule has 122 valence electrons. The Bertz CT molecular complexity index is 674. The summed E-state index contributed by atoms with van der Waals surface area (Å²) in [6, 6.07) is 8.59. The summed E-state index contributed by atoms with van der Waals surface area (Å²) in [7, 11) is 1.30. The number of ether oxygens (including phenoxy) is 1. The molecule has 0 unspecified atom stereocenters. The average molecular weight is 316 g/mol. The fourth-order valence-electron chi connectivity index (χ4n) is 2.49. The number of amides is 1. The Labute approximate surface area is 135 Å². The van der Waals surface area contributed by atoms with E-state index < -0.39 is 12.0 Å². The van der Waals surface area contributed by atoms with Crippen LogP contribution in [0.4, 0.5) is 5.69 Å². The smallest absolute Gasteiger partial charge is 0.328 e. The zero-order chi connectivity index (χ0) is 17.0. The number of methoxy groups -OCH3 is 1.